The maximum atomic E-state index is 6.20. The van der Waals surface area contributed by atoms with E-state index < -0.39 is 0 Å². The van der Waals surface area contributed by atoms with E-state index in [1.807, 2.05) is 48.8 Å². The summed E-state index contributed by atoms with van der Waals surface area (Å²) in [6, 6.07) is 16.3. The lowest BCUT2D eigenvalue weighted by atomic mass is 10.1. The number of thiophene rings is 1. The minimum Gasteiger partial charge on any atom is -0.336 e. The summed E-state index contributed by atoms with van der Waals surface area (Å²) in [7, 11) is 0. The van der Waals surface area contributed by atoms with Crippen molar-refractivity contribution in [3.63, 3.8) is 0 Å². The molecule has 9 heteroatoms. The fraction of sp³-hybridized carbons (Fsp3) is 0.214. The maximum absolute atomic E-state index is 6.20. The molecule has 7 rings (SSSR count). The predicted octanol–water partition coefficient (Wildman–Crippen LogP) is 6.93. The fourth-order valence-electron chi connectivity index (χ4n) is 5.12. The van der Waals surface area contributed by atoms with Crippen LogP contribution in [0.3, 0.4) is 0 Å². The molecule has 6 aromatic rings. The summed E-state index contributed by atoms with van der Waals surface area (Å²) in [4.78, 5) is 21.5. The number of nitrogens with one attached hydrogen (secondary N) is 2. The SMILES string of the molecule is Clc1ccc(-c2cccc3[nH]c(-c4n[nH]c5ccc(-c6cncc(CN7CCCCC7)c6)nc45)nc23)s1. The number of halogens is 1. The highest BCUT2D eigenvalue weighted by Crippen LogP contribution is 2.36. The second-order valence-corrected chi connectivity index (χ2v) is 11.2. The Kier molecular flexibility index (Phi) is 5.72. The van der Waals surface area contributed by atoms with Gasteiger partial charge in [-0.3, -0.25) is 15.0 Å². The van der Waals surface area contributed by atoms with Crippen molar-refractivity contribution < 1.29 is 0 Å². The van der Waals surface area contributed by atoms with Gasteiger partial charge in [0.1, 0.15) is 5.52 Å². The minimum atomic E-state index is 0.679. The molecule has 0 spiro atoms. The zero-order valence-corrected chi connectivity index (χ0v) is 21.6. The van der Waals surface area contributed by atoms with Crippen LogP contribution in [0.2, 0.25) is 4.34 Å². The van der Waals surface area contributed by atoms with Crippen molar-refractivity contribution in [2.24, 2.45) is 0 Å². The number of aromatic amines is 2. The van der Waals surface area contributed by atoms with Crippen LogP contribution < -0.4 is 0 Å². The first kappa shape index (κ1) is 22.6. The van der Waals surface area contributed by atoms with Crippen molar-refractivity contribution in [2.45, 2.75) is 25.8 Å². The van der Waals surface area contributed by atoms with Crippen LogP contribution in [0.1, 0.15) is 24.8 Å². The van der Waals surface area contributed by atoms with Crippen LogP contribution in [0.15, 0.2) is 60.9 Å². The van der Waals surface area contributed by atoms with E-state index in [0.717, 1.165) is 67.7 Å². The van der Waals surface area contributed by atoms with Gasteiger partial charge in [0.15, 0.2) is 11.5 Å². The van der Waals surface area contributed by atoms with Crippen LogP contribution in [0, 0.1) is 0 Å². The first-order valence-electron chi connectivity index (χ1n) is 12.5. The van der Waals surface area contributed by atoms with Crippen molar-refractivity contribution in [1.82, 2.24) is 35.0 Å². The molecule has 0 saturated carbocycles. The third kappa shape index (κ3) is 4.31. The number of imidazole rings is 1. The number of rotatable bonds is 5. The number of hydrogen-bond acceptors (Lipinski definition) is 6. The maximum Gasteiger partial charge on any atom is 0.161 e. The molecule has 1 aliphatic rings. The lowest BCUT2D eigenvalue weighted by Crippen LogP contribution is -2.29. The Balaban J connectivity index is 1.26. The number of H-pyrrole nitrogens is 2. The molecule has 1 aromatic carbocycles. The molecule has 184 valence electrons. The van der Waals surface area contributed by atoms with Gasteiger partial charge in [-0.2, -0.15) is 5.10 Å². The van der Waals surface area contributed by atoms with Crippen molar-refractivity contribution in [3.05, 3.63) is 70.8 Å². The normalized spacial score (nSPS) is 14.6. The molecule has 0 bridgehead atoms. The van der Waals surface area contributed by atoms with Crippen LogP contribution in [-0.2, 0) is 6.54 Å². The summed E-state index contributed by atoms with van der Waals surface area (Å²) in [5.74, 6) is 0.679. The standard InChI is InChI=1S/C28H24ClN7S/c29-24-10-9-23(37-24)19-5-4-6-21-25(19)33-28(32-21)27-26-22(34-35-27)8-7-20(31-26)18-13-17(14-30-15-18)16-36-11-2-1-3-12-36/h4-10,13-15H,1-3,11-12,16H2,(H,32,33)(H,34,35). The van der Waals surface area contributed by atoms with E-state index in [1.54, 1.807) is 11.3 Å². The van der Waals surface area contributed by atoms with Crippen LogP contribution >= 0.6 is 22.9 Å². The monoisotopic (exact) mass is 525 g/mol. The van der Waals surface area contributed by atoms with Crippen molar-refractivity contribution >= 4 is 45.0 Å². The van der Waals surface area contributed by atoms with Crippen LogP contribution in [0.5, 0.6) is 0 Å². The summed E-state index contributed by atoms with van der Waals surface area (Å²) >= 11 is 7.74. The average molecular weight is 526 g/mol. The highest BCUT2D eigenvalue weighted by molar-refractivity contribution is 7.19. The largest absolute Gasteiger partial charge is 0.336 e. The molecule has 5 aromatic heterocycles. The summed E-state index contributed by atoms with van der Waals surface area (Å²) in [6.45, 7) is 3.24. The van der Waals surface area contributed by atoms with E-state index in [1.165, 1.54) is 24.8 Å². The Morgan fingerprint density at radius 3 is 2.70 bits per heavy atom. The highest BCUT2D eigenvalue weighted by atomic mass is 35.5. The molecule has 1 aliphatic heterocycles. The molecule has 0 amide bonds. The van der Waals surface area contributed by atoms with E-state index >= 15 is 0 Å². The topological polar surface area (TPSA) is 86.4 Å². The van der Waals surface area contributed by atoms with Gasteiger partial charge in [-0.25, -0.2) is 9.97 Å². The molecule has 7 nitrogen and oxygen atoms in total. The predicted molar refractivity (Wildman–Crippen MR) is 150 cm³/mol. The molecule has 37 heavy (non-hydrogen) atoms. The molecule has 0 aliphatic carbocycles. The number of aromatic nitrogens is 6. The smallest absolute Gasteiger partial charge is 0.161 e. The highest BCUT2D eigenvalue weighted by Gasteiger charge is 2.18. The molecule has 6 heterocycles. The Bertz CT molecular complexity index is 1730. The summed E-state index contributed by atoms with van der Waals surface area (Å²) in [5, 5.41) is 7.69. The molecule has 0 atom stereocenters. The van der Waals surface area contributed by atoms with Gasteiger partial charge in [-0.1, -0.05) is 30.2 Å². The number of nitrogens with zero attached hydrogens (tertiary/aromatic N) is 5. The molecule has 0 unspecified atom stereocenters. The van der Waals surface area contributed by atoms with Crippen molar-refractivity contribution in [3.8, 4) is 33.2 Å². The van der Waals surface area contributed by atoms with Gasteiger partial charge >= 0.3 is 0 Å². The van der Waals surface area contributed by atoms with Gasteiger partial charge in [0, 0.05) is 34.9 Å². The van der Waals surface area contributed by atoms with Gasteiger partial charge in [0.05, 0.1) is 26.6 Å². The summed E-state index contributed by atoms with van der Waals surface area (Å²) < 4.78 is 0.757. The number of likely N-dealkylation sites (tertiary alicyclic amines) is 1. The molecular weight excluding hydrogens is 502 g/mol. The Labute approximate surface area is 222 Å². The number of benzene rings is 1. The van der Waals surface area contributed by atoms with E-state index in [0.29, 0.717) is 11.5 Å². The van der Waals surface area contributed by atoms with Crippen molar-refractivity contribution in [1.29, 1.82) is 0 Å². The van der Waals surface area contributed by atoms with Gasteiger partial charge in [0.25, 0.3) is 0 Å². The Morgan fingerprint density at radius 1 is 0.919 bits per heavy atom. The number of para-hydroxylation sites is 1. The van der Waals surface area contributed by atoms with Crippen LogP contribution in [0.4, 0.5) is 0 Å². The first-order valence-corrected chi connectivity index (χ1v) is 13.7. The molecule has 1 fully saturated rings. The van der Waals surface area contributed by atoms with Gasteiger partial charge < -0.3 is 4.98 Å². The quantitative estimate of drug-likeness (QED) is 0.255. The van der Waals surface area contributed by atoms with E-state index in [9.17, 15) is 0 Å². The Morgan fingerprint density at radius 2 is 1.84 bits per heavy atom. The lowest BCUT2D eigenvalue weighted by Gasteiger charge is -2.26. The fourth-order valence-corrected chi connectivity index (χ4v) is 6.19. The first-order chi connectivity index (χ1) is 18.2. The van der Waals surface area contributed by atoms with E-state index in [-0.39, 0.29) is 0 Å². The van der Waals surface area contributed by atoms with E-state index in [4.69, 9.17) is 21.6 Å². The lowest BCUT2D eigenvalue weighted by molar-refractivity contribution is 0.220. The van der Waals surface area contributed by atoms with Crippen molar-refractivity contribution in [2.75, 3.05) is 13.1 Å². The third-order valence-corrected chi connectivity index (χ3v) is 8.19. The molecule has 2 N–H and O–H groups in total. The zero-order valence-electron chi connectivity index (χ0n) is 20.0. The molecule has 0 radical (unpaired) electrons. The van der Waals surface area contributed by atoms with Gasteiger partial charge in [0.2, 0.25) is 0 Å². The van der Waals surface area contributed by atoms with Gasteiger partial charge in [-0.05, 0) is 67.9 Å². The number of pyridine rings is 2. The van der Waals surface area contributed by atoms with E-state index in [2.05, 4.69) is 37.2 Å². The second-order valence-electron chi connectivity index (χ2n) is 9.47. The third-order valence-electron chi connectivity index (χ3n) is 6.93. The molecule has 1 saturated heterocycles. The van der Waals surface area contributed by atoms with Gasteiger partial charge in [-0.15, -0.1) is 11.3 Å². The summed E-state index contributed by atoms with van der Waals surface area (Å²) in [6.07, 6.45) is 7.73. The molecular formula is C28H24ClN7S. The Hall–Kier alpha value is -3.59. The number of hydrogen-bond donors (Lipinski definition) is 2. The number of piperidine rings is 1. The minimum absolute atomic E-state index is 0.679. The number of fused-ring (bicyclic) bond motifs is 2. The average Bonchev–Trinajstić information content (AvgIpc) is 3.66. The van der Waals surface area contributed by atoms with Crippen LogP contribution in [-0.4, -0.2) is 48.1 Å². The zero-order chi connectivity index (χ0) is 24.8. The second kappa shape index (κ2) is 9.37. The van der Waals surface area contributed by atoms with Crippen LogP contribution in [0.25, 0.3) is 55.3 Å². The summed E-state index contributed by atoms with van der Waals surface area (Å²) in [5.41, 5.74) is 8.30.